The molecule has 0 fully saturated rings. The molecule has 0 aliphatic carbocycles. The molecule has 4 heteroatoms. The van der Waals surface area contributed by atoms with Gasteiger partial charge in [-0.3, -0.25) is 10.1 Å². The lowest BCUT2D eigenvalue weighted by Crippen LogP contribution is -2.39. The molecule has 0 bridgehead atoms. The number of amides is 1. The minimum Gasteiger partial charge on any atom is -0.325 e. The SMILES string of the molecule is CCc1ccc(NC(=O)[C@@H](C)N[C@@H](C)c2cccc(Cl)c2)cc1. The van der Waals surface area contributed by atoms with E-state index in [9.17, 15) is 4.79 Å². The van der Waals surface area contributed by atoms with E-state index in [1.54, 1.807) is 0 Å². The quantitative estimate of drug-likeness (QED) is 0.814. The van der Waals surface area contributed by atoms with E-state index in [0.29, 0.717) is 5.02 Å². The normalized spacial score (nSPS) is 13.4. The number of nitrogens with one attached hydrogen (secondary N) is 2. The molecule has 0 aromatic heterocycles. The number of rotatable bonds is 6. The molecule has 0 heterocycles. The van der Waals surface area contributed by atoms with Crippen LogP contribution in [0.2, 0.25) is 5.02 Å². The summed E-state index contributed by atoms with van der Waals surface area (Å²) in [5.41, 5.74) is 3.13. The zero-order valence-electron chi connectivity index (χ0n) is 13.8. The fraction of sp³-hybridized carbons (Fsp3) is 0.316. The predicted molar refractivity (Wildman–Crippen MR) is 96.9 cm³/mol. The maximum absolute atomic E-state index is 12.3. The van der Waals surface area contributed by atoms with Crippen molar-refractivity contribution in [1.29, 1.82) is 0 Å². The minimum atomic E-state index is -0.310. The van der Waals surface area contributed by atoms with E-state index < -0.39 is 0 Å². The molecule has 0 saturated heterocycles. The first-order valence-corrected chi connectivity index (χ1v) is 8.28. The Hall–Kier alpha value is -1.84. The number of halogens is 1. The minimum absolute atomic E-state index is 0.0388. The first-order valence-electron chi connectivity index (χ1n) is 7.91. The number of hydrogen-bond acceptors (Lipinski definition) is 2. The Bertz CT molecular complexity index is 655. The Morgan fingerprint density at radius 3 is 2.43 bits per heavy atom. The Morgan fingerprint density at radius 2 is 1.83 bits per heavy atom. The van der Waals surface area contributed by atoms with Crippen LogP contribution in [0.25, 0.3) is 0 Å². The van der Waals surface area contributed by atoms with Crippen LogP contribution in [0, 0.1) is 0 Å². The summed E-state index contributed by atoms with van der Waals surface area (Å²) in [5, 5.41) is 6.93. The molecular formula is C19H23ClN2O. The van der Waals surface area contributed by atoms with Gasteiger partial charge in [0.25, 0.3) is 0 Å². The number of benzene rings is 2. The summed E-state index contributed by atoms with van der Waals surface area (Å²) in [7, 11) is 0. The van der Waals surface area contributed by atoms with E-state index >= 15 is 0 Å². The van der Waals surface area contributed by atoms with Crippen molar-refractivity contribution in [2.45, 2.75) is 39.3 Å². The van der Waals surface area contributed by atoms with Gasteiger partial charge >= 0.3 is 0 Å². The van der Waals surface area contributed by atoms with Crippen LogP contribution in [-0.2, 0) is 11.2 Å². The van der Waals surface area contributed by atoms with Crippen LogP contribution in [-0.4, -0.2) is 11.9 Å². The summed E-state index contributed by atoms with van der Waals surface area (Å²) in [6, 6.07) is 15.3. The van der Waals surface area contributed by atoms with Crippen molar-refractivity contribution in [2.75, 3.05) is 5.32 Å². The van der Waals surface area contributed by atoms with Crippen molar-refractivity contribution < 1.29 is 4.79 Å². The third-order valence-corrected chi connectivity index (χ3v) is 4.11. The van der Waals surface area contributed by atoms with Gasteiger partial charge < -0.3 is 5.32 Å². The average molecular weight is 331 g/mol. The lowest BCUT2D eigenvalue weighted by molar-refractivity contribution is -0.117. The van der Waals surface area contributed by atoms with Gasteiger partial charge in [0.15, 0.2) is 0 Å². The number of carbonyl (C=O) groups excluding carboxylic acids is 1. The van der Waals surface area contributed by atoms with Crippen molar-refractivity contribution in [2.24, 2.45) is 0 Å². The Morgan fingerprint density at radius 1 is 1.13 bits per heavy atom. The van der Waals surface area contributed by atoms with Gasteiger partial charge in [0.2, 0.25) is 5.91 Å². The third kappa shape index (κ3) is 5.08. The van der Waals surface area contributed by atoms with Gasteiger partial charge in [-0.05, 0) is 55.7 Å². The smallest absolute Gasteiger partial charge is 0.241 e. The molecular weight excluding hydrogens is 308 g/mol. The summed E-state index contributed by atoms with van der Waals surface area (Å²) in [6.07, 6.45) is 0.989. The molecule has 122 valence electrons. The number of hydrogen-bond donors (Lipinski definition) is 2. The summed E-state index contributed by atoms with van der Waals surface area (Å²) >= 11 is 6.01. The molecule has 0 radical (unpaired) electrons. The molecule has 23 heavy (non-hydrogen) atoms. The number of aryl methyl sites for hydroxylation is 1. The van der Waals surface area contributed by atoms with E-state index in [2.05, 4.69) is 17.6 Å². The van der Waals surface area contributed by atoms with Crippen molar-refractivity contribution in [3.05, 3.63) is 64.7 Å². The number of carbonyl (C=O) groups is 1. The summed E-state index contributed by atoms with van der Waals surface area (Å²) in [4.78, 5) is 12.3. The van der Waals surface area contributed by atoms with Gasteiger partial charge in [0.1, 0.15) is 0 Å². The van der Waals surface area contributed by atoms with Gasteiger partial charge in [-0.15, -0.1) is 0 Å². The Balaban J connectivity index is 1.93. The van der Waals surface area contributed by atoms with Crippen molar-refractivity contribution in [3.8, 4) is 0 Å². The standard InChI is InChI=1S/C19H23ClN2O/c1-4-15-8-10-18(11-9-15)22-19(23)14(3)21-13(2)16-6-5-7-17(20)12-16/h5-14,21H,4H2,1-3H3,(H,22,23)/t13-,14+/m0/s1. The third-order valence-electron chi connectivity index (χ3n) is 3.87. The Labute approximate surface area is 143 Å². The Kier molecular flexibility index (Phi) is 6.20. The van der Waals surface area contributed by atoms with E-state index in [1.165, 1.54) is 5.56 Å². The van der Waals surface area contributed by atoms with Crippen LogP contribution in [0.5, 0.6) is 0 Å². The van der Waals surface area contributed by atoms with Gasteiger partial charge in [0, 0.05) is 16.8 Å². The van der Waals surface area contributed by atoms with Crippen molar-refractivity contribution in [1.82, 2.24) is 5.32 Å². The average Bonchev–Trinajstić information content (AvgIpc) is 2.55. The molecule has 0 saturated carbocycles. The molecule has 0 aliphatic rings. The second kappa shape index (κ2) is 8.14. The van der Waals surface area contributed by atoms with E-state index in [-0.39, 0.29) is 18.0 Å². The summed E-state index contributed by atoms with van der Waals surface area (Å²) in [6.45, 7) is 5.99. The lowest BCUT2D eigenvalue weighted by Gasteiger charge is -2.20. The summed E-state index contributed by atoms with van der Waals surface area (Å²) < 4.78 is 0. The molecule has 2 rings (SSSR count). The number of anilines is 1. The van der Waals surface area contributed by atoms with Gasteiger partial charge in [0.05, 0.1) is 6.04 Å². The van der Waals surface area contributed by atoms with Crippen LogP contribution in [0.4, 0.5) is 5.69 Å². The molecule has 2 aromatic carbocycles. The maximum Gasteiger partial charge on any atom is 0.241 e. The zero-order valence-corrected chi connectivity index (χ0v) is 14.5. The van der Waals surface area contributed by atoms with E-state index in [0.717, 1.165) is 17.7 Å². The topological polar surface area (TPSA) is 41.1 Å². The van der Waals surface area contributed by atoms with Crippen LogP contribution >= 0.6 is 11.6 Å². The molecule has 0 spiro atoms. The zero-order chi connectivity index (χ0) is 16.8. The van der Waals surface area contributed by atoms with Crippen molar-refractivity contribution in [3.63, 3.8) is 0 Å². The van der Waals surface area contributed by atoms with Gasteiger partial charge in [-0.2, -0.15) is 0 Å². The van der Waals surface area contributed by atoms with E-state index in [4.69, 9.17) is 11.6 Å². The fourth-order valence-electron chi connectivity index (χ4n) is 2.40. The lowest BCUT2D eigenvalue weighted by atomic mass is 10.1. The van der Waals surface area contributed by atoms with E-state index in [1.807, 2.05) is 62.4 Å². The highest BCUT2D eigenvalue weighted by molar-refractivity contribution is 6.30. The monoisotopic (exact) mass is 330 g/mol. The first-order chi connectivity index (χ1) is 11.0. The largest absolute Gasteiger partial charge is 0.325 e. The molecule has 2 aromatic rings. The maximum atomic E-state index is 12.3. The second-order valence-electron chi connectivity index (χ2n) is 5.70. The van der Waals surface area contributed by atoms with Gasteiger partial charge in [-0.25, -0.2) is 0 Å². The first kappa shape index (κ1) is 17.5. The van der Waals surface area contributed by atoms with Crippen LogP contribution < -0.4 is 10.6 Å². The highest BCUT2D eigenvalue weighted by Gasteiger charge is 2.16. The highest BCUT2D eigenvalue weighted by Crippen LogP contribution is 2.18. The van der Waals surface area contributed by atoms with Crippen molar-refractivity contribution >= 4 is 23.2 Å². The van der Waals surface area contributed by atoms with Crippen LogP contribution in [0.15, 0.2) is 48.5 Å². The summed E-state index contributed by atoms with van der Waals surface area (Å²) in [5.74, 6) is -0.0527. The molecule has 1 amide bonds. The molecule has 2 atom stereocenters. The second-order valence-corrected chi connectivity index (χ2v) is 6.14. The highest BCUT2D eigenvalue weighted by atomic mass is 35.5. The van der Waals surface area contributed by atoms with Crippen LogP contribution in [0.3, 0.4) is 0 Å². The molecule has 0 unspecified atom stereocenters. The van der Waals surface area contributed by atoms with Crippen LogP contribution in [0.1, 0.15) is 37.9 Å². The van der Waals surface area contributed by atoms with Gasteiger partial charge in [-0.1, -0.05) is 42.8 Å². The fourth-order valence-corrected chi connectivity index (χ4v) is 2.60. The molecule has 3 nitrogen and oxygen atoms in total. The predicted octanol–water partition coefficient (Wildman–Crippen LogP) is 4.58. The molecule has 2 N–H and O–H groups in total. The molecule has 0 aliphatic heterocycles.